The number of unbranched alkanes of at least 4 members (excludes halogenated alkanes) is 1. The molecule has 0 aliphatic carbocycles. The molecule has 1 unspecified atom stereocenters. The standard InChI is InChI=1S/C17H30N4O3/c1-20-9-7-14(12-15(20)22)16(23)21-10-5-13(6-11-21)4-2-3-8-19-17(18)24/h13-14H,2-12H2,1H3,(H3,18,19,24). The molecule has 2 fully saturated rings. The Morgan fingerprint density at radius 3 is 2.50 bits per heavy atom. The van der Waals surface area contributed by atoms with Gasteiger partial charge in [-0.05, 0) is 31.6 Å². The highest BCUT2D eigenvalue weighted by atomic mass is 16.2. The van der Waals surface area contributed by atoms with Crippen molar-refractivity contribution in [3.05, 3.63) is 0 Å². The maximum absolute atomic E-state index is 12.6. The Morgan fingerprint density at radius 1 is 1.17 bits per heavy atom. The van der Waals surface area contributed by atoms with E-state index >= 15 is 0 Å². The molecule has 3 N–H and O–H groups in total. The summed E-state index contributed by atoms with van der Waals surface area (Å²) in [7, 11) is 1.80. The van der Waals surface area contributed by atoms with Crippen LogP contribution in [0, 0.1) is 11.8 Å². The first-order valence-corrected chi connectivity index (χ1v) is 9.03. The van der Waals surface area contributed by atoms with Gasteiger partial charge in [0.15, 0.2) is 0 Å². The van der Waals surface area contributed by atoms with Crippen molar-refractivity contribution in [2.45, 2.75) is 44.9 Å². The number of carbonyl (C=O) groups is 3. The van der Waals surface area contributed by atoms with Gasteiger partial charge < -0.3 is 20.9 Å². The molecule has 0 aromatic heterocycles. The summed E-state index contributed by atoms with van der Waals surface area (Å²) < 4.78 is 0. The summed E-state index contributed by atoms with van der Waals surface area (Å²) in [5, 5.41) is 2.60. The Bertz CT molecular complexity index is 461. The minimum Gasteiger partial charge on any atom is -0.352 e. The maximum atomic E-state index is 12.6. The number of piperidine rings is 2. The summed E-state index contributed by atoms with van der Waals surface area (Å²) in [6.45, 7) is 2.94. The van der Waals surface area contributed by atoms with Gasteiger partial charge in [0.2, 0.25) is 11.8 Å². The van der Waals surface area contributed by atoms with Crippen molar-refractivity contribution in [2.24, 2.45) is 17.6 Å². The van der Waals surface area contributed by atoms with Crippen LogP contribution in [0.2, 0.25) is 0 Å². The van der Waals surface area contributed by atoms with E-state index in [0.29, 0.717) is 25.4 Å². The van der Waals surface area contributed by atoms with E-state index in [1.165, 1.54) is 0 Å². The van der Waals surface area contributed by atoms with E-state index in [-0.39, 0.29) is 17.7 Å². The highest BCUT2D eigenvalue weighted by Crippen LogP contribution is 2.26. The van der Waals surface area contributed by atoms with Gasteiger partial charge in [-0.25, -0.2) is 4.79 Å². The third kappa shape index (κ3) is 5.39. The van der Waals surface area contributed by atoms with Gasteiger partial charge in [0.25, 0.3) is 0 Å². The maximum Gasteiger partial charge on any atom is 0.312 e. The van der Waals surface area contributed by atoms with Crippen LogP contribution >= 0.6 is 0 Å². The summed E-state index contributed by atoms with van der Waals surface area (Å²) in [4.78, 5) is 38.6. The van der Waals surface area contributed by atoms with Crippen molar-refractivity contribution in [2.75, 3.05) is 33.2 Å². The van der Waals surface area contributed by atoms with Crippen molar-refractivity contribution in [1.82, 2.24) is 15.1 Å². The highest BCUT2D eigenvalue weighted by molar-refractivity contribution is 5.86. The molecule has 7 nitrogen and oxygen atoms in total. The second kappa shape index (κ2) is 8.89. The number of nitrogens with one attached hydrogen (secondary N) is 1. The molecule has 0 aromatic carbocycles. The van der Waals surface area contributed by atoms with Crippen LogP contribution in [0.1, 0.15) is 44.9 Å². The molecule has 4 amide bonds. The Kier molecular flexibility index (Phi) is 6.87. The van der Waals surface area contributed by atoms with Gasteiger partial charge in [-0.3, -0.25) is 9.59 Å². The van der Waals surface area contributed by atoms with Gasteiger partial charge in [0.1, 0.15) is 0 Å². The van der Waals surface area contributed by atoms with Gasteiger partial charge in [0, 0.05) is 45.6 Å². The number of rotatable bonds is 6. The summed E-state index contributed by atoms with van der Waals surface area (Å²) >= 11 is 0. The van der Waals surface area contributed by atoms with Crippen LogP contribution in [-0.2, 0) is 9.59 Å². The van der Waals surface area contributed by atoms with E-state index in [1.807, 2.05) is 4.90 Å². The number of urea groups is 1. The molecule has 2 aliphatic rings. The second-order valence-electron chi connectivity index (χ2n) is 7.06. The number of carbonyl (C=O) groups excluding carboxylic acids is 3. The van der Waals surface area contributed by atoms with Crippen molar-refractivity contribution in [3.8, 4) is 0 Å². The van der Waals surface area contributed by atoms with Crippen LogP contribution in [0.4, 0.5) is 4.79 Å². The molecule has 136 valence electrons. The van der Waals surface area contributed by atoms with Crippen LogP contribution in [-0.4, -0.2) is 60.9 Å². The highest BCUT2D eigenvalue weighted by Gasteiger charge is 2.33. The number of hydrogen-bond donors (Lipinski definition) is 2. The fraction of sp³-hybridized carbons (Fsp3) is 0.824. The average Bonchev–Trinajstić information content (AvgIpc) is 2.57. The minimum atomic E-state index is -0.464. The van der Waals surface area contributed by atoms with Crippen molar-refractivity contribution in [3.63, 3.8) is 0 Å². The Hall–Kier alpha value is -1.79. The molecule has 0 saturated carbocycles. The van der Waals surface area contributed by atoms with E-state index in [2.05, 4.69) is 5.32 Å². The zero-order chi connectivity index (χ0) is 17.5. The lowest BCUT2D eigenvalue weighted by Gasteiger charge is -2.36. The molecule has 1 atom stereocenters. The molecule has 2 saturated heterocycles. The molecule has 24 heavy (non-hydrogen) atoms. The van der Waals surface area contributed by atoms with E-state index in [1.54, 1.807) is 11.9 Å². The average molecular weight is 338 g/mol. The van der Waals surface area contributed by atoms with Crippen LogP contribution in [0.25, 0.3) is 0 Å². The number of likely N-dealkylation sites (tertiary alicyclic amines) is 2. The lowest BCUT2D eigenvalue weighted by atomic mass is 9.89. The third-order valence-corrected chi connectivity index (χ3v) is 5.27. The Balaban J connectivity index is 1.64. The third-order valence-electron chi connectivity index (χ3n) is 5.27. The summed E-state index contributed by atoms with van der Waals surface area (Å²) in [5.41, 5.74) is 5.03. The SMILES string of the molecule is CN1CCC(C(=O)N2CCC(CCCCNC(N)=O)CC2)CC1=O. The lowest BCUT2D eigenvalue weighted by molar-refractivity contribution is -0.145. The van der Waals surface area contributed by atoms with Crippen LogP contribution < -0.4 is 11.1 Å². The Labute approximate surface area is 143 Å². The Morgan fingerprint density at radius 2 is 1.88 bits per heavy atom. The monoisotopic (exact) mass is 338 g/mol. The predicted octanol–water partition coefficient (Wildman–Crippen LogP) is 0.932. The van der Waals surface area contributed by atoms with Crippen molar-refractivity contribution in [1.29, 1.82) is 0 Å². The van der Waals surface area contributed by atoms with E-state index in [9.17, 15) is 14.4 Å². The van der Waals surface area contributed by atoms with Gasteiger partial charge in [-0.15, -0.1) is 0 Å². The van der Waals surface area contributed by atoms with Gasteiger partial charge in [-0.1, -0.05) is 12.8 Å². The van der Waals surface area contributed by atoms with Crippen molar-refractivity contribution >= 4 is 17.8 Å². The normalized spacial score (nSPS) is 22.5. The van der Waals surface area contributed by atoms with Gasteiger partial charge in [0.05, 0.1) is 0 Å². The largest absolute Gasteiger partial charge is 0.352 e. The molecule has 2 heterocycles. The van der Waals surface area contributed by atoms with E-state index in [4.69, 9.17) is 5.73 Å². The first-order valence-electron chi connectivity index (χ1n) is 9.03. The molecule has 7 heteroatoms. The molecule has 2 rings (SSSR count). The van der Waals surface area contributed by atoms with Crippen LogP contribution in [0.3, 0.4) is 0 Å². The van der Waals surface area contributed by atoms with Crippen LogP contribution in [0.5, 0.6) is 0 Å². The first kappa shape index (κ1) is 18.5. The molecule has 0 spiro atoms. The first-order chi connectivity index (χ1) is 11.5. The fourth-order valence-corrected chi connectivity index (χ4v) is 3.62. The number of nitrogens with zero attached hydrogens (tertiary/aromatic N) is 2. The molecular weight excluding hydrogens is 308 g/mol. The molecular formula is C17H30N4O3. The molecule has 0 aromatic rings. The second-order valence-corrected chi connectivity index (χ2v) is 7.06. The number of hydrogen-bond acceptors (Lipinski definition) is 3. The fourth-order valence-electron chi connectivity index (χ4n) is 3.62. The molecule has 0 bridgehead atoms. The number of amides is 4. The lowest BCUT2D eigenvalue weighted by Crippen LogP contribution is -2.46. The topological polar surface area (TPSA) is 95.7 Å². The smallest absolute Gasteiger partial charge is 0.312 e. The molecule has 0 radical (unpaired) electrons. The van der Waals surface area contributed by atoms with Crippen LogP contribution in [0.15, 0.2) is 0 Å². The minimum absolute atomic E-state index is 0.0825. The quantitative estimate of drug-likeness (QED) is 0.705. The van der Waals surface area contributed by atoms with Gasteiger partial charge in [-0.2, -0.15) is 0 Å². The number of nitrogens with two attached hydrogens (primary N) is 1. The number of primary amides is 1. The predicted molar refractivity (Wildman–Crippen MR) is 91.1 cm³/mol. The zero-order valence-electron chi connectivity index (χ0n) is 14.6. The molecule has 2 aliphatic heterocycles. The van der Waals surface area contributed by atoms with E-state index < -0.39 is 6.03 Å². The van der Waals surface area contributed by atoms with E-state index in [0.717, 1.165) is 51.6 Å². The van der Waals surface area contributed by atoms with Gasteiger partial charge >= 0.3 is 6.03 Å². The summed E-state index contributed by atoms with van der Waals surface area (Å²) in [6.07, 6.45) is 6.37. The zero-order valence-corrected chi connectivity index (χ0v) is 14.6. The summed E-state index contributed by atoms with van der Waals surface area (Å²) in [6, 6.07) is -0.464. The van der Waals surface area contributed by atoms with Crippen molar-refractivity contribution < 1.29 is 14.4 Å². The summed E-state index contributed by atoms with van der Waals surface area (Å²) in [5.74, 6) is 0.784.